The Morgan fingerprint density at radius 3 is 3.10 bits per heavy atom. The molecule has 3 aromatic rings. The van der Waals surface area contributed by atoms with Crippen molar-refractivity contribution >= 4 is 27.4 Å². The van der Waals surface area contributed by atoms with E-state index in [0.29, 0.717) is 6.54 Å². The van der Waals surface area contributed by atoms with Gasteiger partial charge < -0.3 is 9.73 Å². The minimum atomic E-state index is 0.660. The maximum absolute atomic E-state index is 5.39. The van der Waals surface area contributed by atoms with E-state index >= 15 is 0 Å². The molecule has 5 heteroatoms. The summed E-state index contributed by atoms with van der Waals surface area (Å²) in [4.78, 5) is 12.0. The van der Waals surface area contributed by atoms with Gasteiger partial charge in [0.05, 0.1) is 18.2 Å². The Hall–Kier alpha value is -1.88. The van der Waals surface area contributed by atoms with Crippen LogP contribution in [0.15, 0.2) is 22.8 Å². The first kappa shape index (κ1) is 12.8. The minimum Gasteiger partial charge on any atom is -0.467 e. The Kier molecular flexibility index (Phi) is 3.15. The van der Waals surface area contributed by atoms with Crippen molar-refractivity contribution in [2.24, 2.45) is 0 Å². The number of aromatic nitrogens is 2. The van der Waals surface area contributed by atoms with Crippen LogP contribution >= 0.6 is 11.3 Å². The van der Waals surface area contributed by atoms with Gasteiger partial charge in [0.25, 0.3) is 0 Å². The molecule has 3 heterocycles. The molecule has 0 aromatic carbocycles. The van der Waals surface area contributed by atoms with Crippen LogP contribution in [0.25, 0.3) is 10.2 Å². The Balaban J connectivity index is 1.77. The van der Waals surface area contributed by atoms with Gasteiger partial charge in [0.15, 0.2) is 0 Å². The van der Waals surface area contributed by atoms with E-state index in [2.05, 4.69) is 12.2 Å². The van der Waals surface area contributed by atoms with Crippen LogP contribution in [0.2, 0.25) is 0 Å². The summed E-state index contributed by atoms with van der Waals surface area (Å²) in [5.41, 5.74) is 1.46. The quantitative estimate of drug-likeness (QED) is 0.792. The molecule has 21 heavy (non-hydrogen) atoms. The number of fused-ring (bicyclic) bond motifs is 3. The molecule has 0 saturated heterocycles. The van der Waals surface area contributed by atoms with Crippen LogP contribution in [-0.2, 0) is 25.8 Å². The fourth-order valence-electron chi connectivity index (χ4n) is 2.91. The molecule has 108 valence electrons. The van der Waals surface area contributed by atoms with Crippen molar-refractivity contribution < 1.29 is 4.42 Å². The number of aryl methyl sites for hydroxylation is 3. The highest BCUT2D eigenvalue weighted by molar-refractivity contribution is 7.19. The zero-order valence-corrected chi connectivity index (χ0v) is 12.8. The van der Waals surface area contributed by atoms with Gasteiger partial charge in [-0.3, -0.25) is 0 Å². The maximum Gasteiger partial charge on any atom is 0.139 e. The molecule has 4 nitrogen and oxygen atoms in total. The SMILES string of the molecule is CCc1nc(NCc2ccco2)c2c3c(sc2n1)CCC3. The molecule has 0 fully saturated rings. The van der Waals surface area contributed by atoms with E-state index in [4.69, 9.17) is 14.4 Å². The average molecular weight is 299 g/mol. The lowest BCUT2D eigenvalue weighted by Gasteiger charge is -2.08. The topological polar surface area (TPSA) is 51.0 Å². The maximum atomic E-state index is 5.39. The van der Waals surface area contributed by atoms with Gasteiger partial charge in [-0.15, -0.1) is 11.3 Å². The summed E-state index contributed by atoms with van der Waals surface area (Å²) >= 11 is 1.84. The lowest BCUT2D eigenvalue weighted by molar-refractivity contribution is 0.518. The highest BCUT2D eigenvalue weighted by atomic mass is 32.1. The summed E-state index contributed by atoms with van der Waals surface area (Å²) < 4.78 is 5.39. The van der Waals surface area contributed by atoms with Crippen molar-refractivity contribution in [1.29, 1.82) is 0 Å². The molecule has 0 unspecified atom stereocenters. The zero-order valence-electron chi connectivity index (χ0n) is 12.0. The Bertz CT molecular complexity index is 777. The van der Waals surface area contributed by atoms with Crippen LogP contribution in [0.4, 0.5) is 5.82 Å². The Labute approximate surface area is 127 Å². The highest BCUT2D eigenvalue weighted by Gasteiger charge is 2.22. The van der Waals surface area contributed by atoms with E-state index in [9.17, 15) is 0 Å². The second-order valence-corrected chi connectivity index (χ2v) is 6.40. The van der Waals surface area contributed by atoms with Crippen molar-refractivity contribution in [2.45, 2.75) is 39.2 Å². The molecule has 0 atom stereocenters. The number of thiophene rings is 1. The predicted octanol–water partition coefficient (Wildman–Crippen LogP) is 3.95. The second-order valence-electron chi connectivity index (χ2n) is 5.31. The van der Waals surface area contributed by atoms with Crippen LogP contribution in [0.3, 0.4) is 0 Å². The zero-order chi connectivity index (χ0) is 14.2. The number of nitrogens with zero attached hydrogens (tertiary/aromatic N) is 2. The monoisotopic (exact) mass is 299 g/mol. The van der Waals surface area contributed by atoms with Crippen molar-refractivity contribution in [3.63, 3.8) is 0 Å². The van der Waals surface area contributed by atoms with Gasteiger partial charge in [0.1, 0.15) is 22.2 Å². The normalized spacial score (nSPS) is 13.8. The molecule has 0 bridgehead atoms. The fourth-order valence-corrected chi connectivity index (χ4v) is 4.19. The summed E-state index contributed by atoms with van der Waals surface area (Å²) in [6.45, 7) is 2.76. The van der Waals surface area contributed by atoms with Gasteiger partial charge >= 0.3 is 0 Å². The van der Waals surface area contributed by atoms with Gasteiger partial charge in [0, 0.05) is 11.3 Å². The van der Waals surface area contributed by atoms with Crippen LogP contribution in [-0.4, -0.2) is 9.97 Å². The summed E-state index contributed by atoms with van der Waals surface area (Å²) in [5.74, 6) is 2.80. The van der Waals surface area contributed by atoms with Gasteiger partial charge in [0.2, 0.25) is 0 Å². The first-order valence-corrected chi connectivity index (χ1v) is 8.24. The minimum absolute atomic E-state index is 0.660. The molecule has 0 saturated carbocycles. The number of rotatable bonds is 4. The first-order chi connectivity index (χ1) is 10.3. The Morgan fingerprint density at radius 2 is 2.29 bits per heavy atom. The third-order valence-corrected chi connectivity index (χ3v) is 5.12. The number of furan rings is 1. The van der Waals surface area contributed by atoms with Crippen molar-refractivity contribution in [3.8, 4) is 0 Å². The van der Waals surface area contributed by atoms with Crippen molar-refractivity contribution in [1.82, 2.24) is 9.97 Å². The number of hydrogen-bond acceptors (Lipinski definition) is 5. The second kappa shape index (κ2) is 5.15. The van der Waals surface area contributed by atoms with E-state index in [0.717, 1.165) is 35.1 Å². The van der Waals surface area contributed by atoms with E-state index in [1.54, 1.807) is 6.26 Å². The third-order valence-electron chi connectivity index (χ3n) is 3.94. The van der Waals surface area contributed by atoms with Crippen molar-refractivity contribution in [3.05, 3.63) is 40.4 Å². The average Bonchev–Trinajstić information content (AvgIpc) is 3.20. The molecular formula is C16H17N3OS. The summed E-state index contributed by atoms with van der Waals surface area (Å²) in [7, 11) is 0. The van der Waals surface area contributed by atoms with Gasteiger partial charge in [-0.2, -0.15) is 0 Å². The largest absolute Gasteiger partial charge is 0.467 e. The van der Waals surface area contributed by atoms with E-state index in [1.165, 1.54) is 28.7 Å². The molecule has 4 rings (SSSR count). The van der Waals surface area contributed by atoms with Crippen LogP contribution < -0.4 is 5.32 Å². The third kappa shape index (κ3) is 2.21. The summed E-state index contributed by atoms with van der Waals surface area (Å²) in [6, 6.07) is 3.89. The first-order valence-electron chi connectivity index (χ1n) is 7.42. The summed E-state index contributed by atoms with van der Waals surface area (Å²) in [5, 5.41) is 4.68. The number of hydrogen-bond donors (Lipinski definition) is 1. The standard InChI is InChI=1S/C16H17N3OS/c1-2-13-18-15(17-9-10-5-4-8-20-10)14-11-6-3-7-12(11)21-16(14)19-13/h4-5,8H,2-3,6-7,9H2,1H3,(H,17,18,19). The van der Waals surface area contributed by atoms with Crippen molar-refractivity contribution in [2.75, 3.05) is 5.32 Å². The highest BCUT2D eigenvalue weighted by Crippen LogP contribution is 2.39. The fraction of sp³-hybridized carbons (Fsp3) is 0.375. The van der Waals surface area contributed by atoms with Gasteiger partial charge in [-0.25, -0.2) is 9.97 Å². The van der Waals surface area contributed by atoms with Crippen LogP contribution in [0.5, 0.6) is 0 Å². The summed E-state index contributed by atoms with van der Waals surface area (Å²) in [6.07, 6.45) is 6.15. The Morgan fingerprint density at radius 1 is 1.33 bits per heavy atom. The molecule has 0 amide bonds. The predicted molar refractivity (Wildman–Crippen MR) is 84.9 cm³/mol. The molecule has 1 N–H and O–H groups in total. The lowest BCUT2D eigenvalue weighted by atomic mass is 10.2. The molecule has 0 aliphatic heterocycles. The van der Waals surface area contributed by atoms with Crippen LogP contribution in [0.1, 0.15) is 35.4 Å². The molecular weight excluding hydrogens is 282 g/mol. The molecule has 1 aliphatic carbocycles. The molecule has 0 spiro atoms. The molecule has 3 aromatic heterocycles. The van der Waals surface area contributed by atoms with Gasteiger partial charge in [-0.05, 0) is 37.0 Å². The van der Waals surface area contributed by atoms with Gasteiger partial charge in [-0.1, -0.05) is 6.92 Å². The molecule has 0 radical (unpaired) electrons. The van der Waals surface area contributed by atoms with E-state index in [1.807, 2.05) is 23.5 Å². The van der Waals surface area contributed by atoms with E-state index < -0.39 is 0 Å². The van der Waals surface area contributed by atoms with Crippen LogP contribution in [0, 0.1) is 0 Å². The number of anilines is 1. The smallest absolute Gasteiger partial charge is 0.139 e. The molecule has 1 aliphatic rings. The lowest BCUT2D eigenvalue weighted by Crippen LogP contribution is -2.04. The van der Waals surface area contributed by atoms with E-state index in [-0.39, 0.29) is 0 Å². The number of nitrogens with one attached hydrogen (secondary N) is 1.